The molecule has 5 heteroatoms. The number of nitrogens with two attached hydrogens (primary N) is 1. The Kier molecular flexibility index (Phi) is 3.55. The summed E-state index contributed by atoms with van der Waals surface area (Å²) in [6, 6.07) is 6.93. The number of carbonyl (C=O) groups excluding carboxylic acids is 1. The lowest BCUT2D eigenvalue weighted by Gasteiger charge is -2.14. The molecule has 1 unspecified atom stereocenters. The molecule has 0 aliphatic heterocycles. The van der Waals surface area contributed by atoms with E-state index in [1.807, 2.05) is 27.1 Å². The number of amides is 1. The number of aryl methyl sites for hydroxylation is 2. The summed E-state index contributed by atoms with van der Waals surface area (Å²) < 4.78 is 1.74. The van der Waals surface area contributed by atoms with Gasteiger partial charge in [-0.2, -0.15) is 5.10 Å². The fourth-order valence-electron chi connectivity index (χ4n) is 2.10. The van der Waals surface area contributed by atoms with Crippen LogP contribution in [0.15, 0.2) is 30.5 Å². The molecule has 0 fully saturated rings. The van der Waals surface area contributed by atoms with Gasteiger partial charge in [-0.05, 0) is 26.0 Å². The third-order valence-electron chi connectivity index (χ3n) is 3.07. The molecule has 1 aromatic carbocycles. The molecule has 2 rings (SSSR count). The Bertz CT molecular complexity index is 603. The molecule has 0 saturated heterocycles. The van der Waals surface area contributed by atoms with Crippen LogP contribution in [0.4, 0.5) is 5.69 Å². The number of hydrogen-bond acceptors (Lipinski definition) is 3. The first-order valence-corrected chi connectivity index (χ1v) is 6.14. The normalized spacial score (nSPS) is 12.2. The highest BCUT2D eigenvalue weighted by Crippen LogP contribution is 2.17. The van der Waals surface area contributed by atoms with Crippen LogP contribution in [0.3, 0.4) is 0 Å². The number of anilines is 1. The third kappa shape index (κ3) is 2.76. The molecule has 0 spiro atoms. The van der Waals surface area contributed by atoms with Gasteiger partial charge in [0.15, 0.2) is 0 Å². The molecule has 19 heavy (non-hydrogen) atoms. The number of para-hydroxylation sites is 1. The van der Waals surface area contributed by atoms with Gasteiger partial charge in [-0.1, -0.05) is 12.1 Å². The first kappa shape index (κ1) is 13.1. The number of hydrogen-bond donors (Lipinski definition) is 2. The van der Waals surface area contributed by atoms with E-state index < -0.39 is 0 Å². The van der Waals surface area contributed by atoms with E-state index in [-0.39, 0.29) is 11.9 Å². The minimum atomic E-state index is -0.172. The van der Waals surface area contributed by atoms with Crippen molar-refractivity contribution >= 4 is 11.6 Å². The first-order chi connectivity index (χ1) is 8.99. The zero-order valence-corrected chi connectivity index (χ0v) is 11.3. The van der Waals surface area contributed by atoms with Crippen molar-refractivity contribution < 1.29 is 4.79 Å². The van der Waals surface area contributed by atoms with Gasteiger partial charge in [-0.25, -0.2) is 0 Å². The molecule has 0 saturated carbocycles. The van der Waals surface area contributed by atoms with Crippen molar-refractivity contribution in [3.05, 3.63) is 47.3 Å². The van der Waals surface area contributed by atoms with E-state index in [1.165, 1.54) is 0 Å². The summed E-state index contributed by atoms with van der Waals surface area (Å²) in [5, 5.41) is 7.21. The smallest absolute Gasteiger partial charge is 0.253 e. The van der Waals surface area contributed by atoms with Crippen LogP contribution >= 0.6 is 0 Å². The fourth-order valence-corrected chi connectivity index (χ4v) is 2.10. The average Bonchev–Trinajstić information content (AvgIpc) is 2.69. The average molecular weight is 258 g/mol. The third-order valence-corrected chi connectivity index (χ3v) is 3.07. The van der Waals surface area contributed by atoms with Gasteiger partial charge in [0.1, 0.15) is 0 Å². The van der Waals surface area contributed by atoms with E-state index in [1.54, 1.807) is 28.9 Å². The lowest BCUT2D eigenvalue weighted by molar-refractivity contribution is 0.0940. The summed E-state index contributed by atoms with van der Waals surface area (Å²) in [7, 11) is 1.86. The summed E-state index contributed by atoms with van der Waals surface area (Å²) in [5.41, 5.74) is 8.69. The summed E-state index contributed by atoms with van der Waals surface area (Å²) in [5.74, 6) is -0.172. The monoisotopic (exact) mass is 258 g/mol. The number of nitrogens with one attached hydrogen (secondary N) is 1. The van der Waals surface area contributed by atoms with E-state index in [2.05, 4.69) is 10.4 Å². The second-order valence-corrected chi connectivity index (χ2v) is 4.63. The SMILES string of the molecule is Cc1nn(C)cc1C(C)NC(=O)c1ccccc1N. The second kappa shape index (κ2) is 5.14. The zero-order chi connectivity index (χ0) is 14.0. The van der Waals surface area contributed by atoms with Crippen LogP contribution in [0, 0.1) is 6.92 Å². The molecule has 0 aliphatic rings. The number of benzene rings is 1. The highest BCUT2D eigenvalue weighted by Gasteiger charge is 2.16. The molecule has 100 valence electrons. The van der Waals surface area contributed by atoms with Crippen LogP contribution in [0.1, 0.15) is 34.6 Å². The van der Waals surface area contributed by atoms with Gasteiger partial charge in [-0.15, -0.1) is 0 Å². The van der Waals surface area contributed by atoms with Crippen LogP contribution in [0.25, 0.3) is 0 Å². The van der Waals surface area contributed by atoms with Gasteiger partial charge >= 0.3 is 0 Å². The molecule has 1 amide bonds. The summed E-state index contributed by atoms with van der Waals surface area (Å²) in [6.07, 6.45) is 1.91. The molecular weight excluding hydrogens is 240 g/mol. The minimum absolute atomic E-state index is 0.110. The van der Waals surface area contributed by atoms with Crippen LogP contribution in [0.2, 0.25) is 0 Å². The Morgan fingerprint density at radius 2 is 2.11 bits per heavy atom. The van der Waals surface area contributed by atoms with E-state index in [0.29, 0.717) is 11.3 Å². The molecule has 1 heterocycles. The molecule has 2 aromatic rings. The van der Waals surface area contributed by atoms with Crippen molar-refractivity contribution in [2.75, 3.05) is 5.73 Å². The van der Waals surface area contributed by atoms with Crippen LogP contribution in [-0.2, 0) is 7.05 Å². The van der Waals surface area contributed by atoms with Crippen molar-refractivity contribution in [1.82, 2.24) is 15.1 Å². The van der Waals surface area contributed by atoms with Crippen molar-refractivity contribution in [1.29, 1.82) is 0 Å². The van der Waals surface area contributed by atoms with Crippen molar-refractivity contribution in [3.63, 3.8) is 0 Å². The predicted octanol–water partition coefficient (Wildman–Crippen LogP) is 1.80. The molecule has 0 aliphatic carbocycles. The number of nitrogens with zero attached hydrogens (tertiary/aromatic N) is 2. The van der Waals surface area contributed by atoms with Gasteiger partial charge in [0, 0.05) is 24.5 Å². The Balaban J connectivity index is 2.15. The van der Waals surface area contributed by atoms with Crippen molar-refractivity contribution in [2.24, 2.45) is 7.05 Å². The van der Waals surface area contributed by atoms with Crippen LogP contribution < -0.4 is 11.1 Å². The van der Waals surface area contributed by atoms with Gasteiger partial charge < -0.3 is 11.1 Å². The highest BCUT2D eigenvalue weighted by molar-refractivity contribution is 5.99. The molecule has 1 atom stereocenters. The predicted molar refractivity (Wildman–Crippen MR) is 74.7 cm³/mol. The molecule has 5 nitrogen and oxygen atoms in total. The minimum Gasteiger partial charge on any atom is -0.398 e. The lowest BCUT2D eigenvalue weighted by atomic mass is 10.1. The van der Waals surface area contributed by atoms with Gasteiger partial charge in [0.05, 0.1) is 17.3 Å². The quantitative estimate of drug-likeness (QED) is 0.824. The Labute approximate surface area is 112 Å². The van der Waals surface area contributed by atoms with E-state index in [9.17, 15) is 4.79 Å². The lowest BCUT2D eigenvalue weighted by Crippen LogP contribution is -2.27. The van der Waals surface area contributed by atoms with Crippen LogP contribution in [0.5, 0.6) is 0 Å². The molecule has 3 N–H and O–H groups in total. The Morgan fingerprint density at radius 3 is 2.68 bits per heavy atom. The van der Waals surface area contributed by atoms with E-state index in [4.69, 9.17) is 5.73 Å². The zero-order valence-electron chi connectivity index (χ0n) is 11.3. The number of rotatable bonds is 3. The summed E-state index contributed by atoms with van der Waals surface area (Å²) >= 11 is 0. The summed E-state index contributed by atoms with van der Waals surface area (Å²) in [4.78, 5) is 12.1. The Hall–Kier alpha value is -2.30. The number of aromatic nitrogens is 2. The topological polar surface area (TPSA) is 72.9 Å². The first-order valence-electron chi connectivity index (χ1n) is 6.14. The molecule has 0 bridgehead atoms. The second-order valence-electron chi connectivity index (χ2n) is 4.63. The van der Waals surface area contributed by atoms with Gasteiger partial charge in [0.2, 0.25) is 0 Å². The van der Waals surface area contributed by atoms with Gasteiger partial charge in [0.25, 0.3) is 5.91 Å². The van der Waals surface area contributed by atoms with Crippen LogP contribution in [-0.4, -0.2) is 15.7 Å². The summed E-state index contributed by atoms with van der Waals surface area (Å²) in [6.45, 7) is 3.86. The van der Waals surface area contributed by atoms with E-state index >= 15 is 0 Å². The number of carbonyl (C=O) groups is 1. The Morgan fingerprint density at radius 1 is 1.42 bits per heavy atom. The maximum absolute atomic E-state index is 12.1. The molecule has 0 radical (unpaired) electrons. The van der Waals surface area contributed by atoms with Gasteiger partial charge in [-0.3, -0.25) is 9.48 Å². The standard InChI is InChI=1S/C14H18N4O/c1-9(12-8-18(3)17-10(12)2)16-14(19)11-6-4-5-7-13(11)15/h4-9H,15H2,1-3H3,(H,16,19). The largest absolute Gasteiger partial charge is 0.398 e. The van der Waals surface area contributed by atoms with E-state index in [0.717, 1.165) is 11.3 Å². The fraction of sp³-hybridized carbons (Fsp3) is 0.286. The molecule has 1 aromatic heterocycles. The number of nitrogen functional groups attached to an aromatic ring is 1. The molecular formula is C14H18N4O. The maximum atomic E-state index is 12.1. The van der Waals surface area contributed by atoms with Crippen molar-refractivity contribution in [2.45, 2.75) is 19.9 Å². The maximum Gasteiger partial charge on any atom is 0.253 e. The van der Waals surface area contributed by atoms with Crippen molar-refractivity contribution in [3.8, 4) is 0 Å². The highest BCUT2D eigenvalue weighted by atomic mass is 16.1.